The van der Waals surface area contributed by atoms with Crippen molar-refractivity contribution in [3.05, 3.63) is 35.5 Å². The van der Waals surface area contributed by atoms with Gasteiger partial charge in [-0.15, -0.1) is 0 Å². The second kappa shape index (κ2) is 3.62. The molecule has 3 heteroatoms. The zero-order valence-corrected chi connectivity index (χ0v) is 9.81. The van der Waals surface area contributed by atoms with Crippen LogP contribution in [0, 0.1) is 12.8 Å². The number of fused-ring (bicyclic) bond motifs is 3. The van der Waals surface area contributed by atoms with Crippen LogP contribution >= 0.6 is 0 Å². The second-order valence-corrected chi connectivity index (χ2v) is 4.77. The molecule has 1 aliphatic rings. The van der Waals surface area contributed by atoms with Crippen molar-refractivity contribution in [1.29, 1.82) is 0 Å². The van der Waals surface area contributed by atoms with E-state index in [0.717, 1.165) is 12.8 Å². The molecule has 0 fully saturated rings. The first-order valence-corrected chi connectivity index (χ1v) is 5.98. The molecule has 2 aromatic rings. The van der Waals surface area contributed by atoms with Crippen molar-refractivity contribution >= 4 is 16.9 Å². The predicted molar refractivity (Wildman–Crippen MR) is 66.1 cm³/mol. The fraction of sp³-hybridized carbons (Fsp3) is 0.357. The molecular weight excluding hydrogens is 214 g/mol. The lowest BCUT2D eigenvalue weighted by molar-refractivity contribution is -0.142. The molecule has 17 heavy (non-hydrogen) atoms. The topological polar surface area (TPSA) is 42.2 Å². The van der Waals surface area contributed by atoms with Crippen LogP contribution in [0.1, 0.15) is 17.7 Å². The molecule has 0 spiro atoms. The highest BCUT2D eigenvalue weighted by molar-refractivity contribution is 5.85. The molecule has 3 rings (SSSR count). The van der Waals surface area contributed by atoms with Crippen molar-refractivity contribution in [2.75, 3.05) is 0 Å². The molecule has 0 aliphatic carbocycles. The van der Waals surface area contributed by atoms with Crippen molar-refractivity contribution in [2.45, 2.75) is 26.3 Å². The van der Waals surface area contributed by atoms with Crippen LogP contribution in [-0.4, -0.2) is 15.6 Å². The third-order valence-corrected chi connectivity index (χ3v) is 3.84. The molecule has 0 amide bonds. The maximum Gasteiger partial charge on any atom is 0.308 e. The summed E-state index contributed by atoms with van der Waals surface area (Å²) in [6.45, 7) is 2.74. The molecule has 1 unspecified atom stereocenters. The van der Waals surface area contributed by atoms with Crippen LogP contribution < -0.4 is 0 Å². The summed E-state index contributed by atoms with van der Waals surface area (Å²) in [6.07, 6.45) is 1.63. The number of carboxylic acid groups (broad SMARTS) is 1. The van der Waals surface area contributed by atoms with Crippen LogP contribution in [0.5, 0.6) is 0 Å². The molecule has 0 radical (unpaired) electrons. The lowest BCUT2D eigenvalue weighted by Crippen LogP contribution is -2.26. The number of rotatable bonds is 1. The fourth-order valence-electron chi connectivity index (χ4n) is 2.88. The Morgan fingerprint density at radius 3 is 2.94 bits per heavy atom. The molecule has 2 heterocycles. The standard InChI is InChI=1S/C14H15NO2/c1-9-11-4-2-3-5-13(11)15-8-10(14(16)17)6-7-12(9)15/h2-5,10H,6-8H2,1H3,(H,16,17). The Bertz CT molecular complexity index is 598. The Morgan fingerprint density at radius 2 is 2.18 bits per heavy atom. The van der Waals surface area contributed by atoms with Crippen LogP contribution in [0.3, 0.4) is 0 Å². The fourth-order valence-corrected chi connectivity index (χ4v) is 2.88. The summed E-state index contributed by atoms with van der Waals surface area (Å²) in [4.78, 5) is 11.1. The molecule has 3 nitrogen and oxygen atoms in total. The lowest BCUT2D eigenvalue weighted by atomic mass is 9.97. The van der Waals surface area contributed by atoms with Gasteiger partial charge in [-0.3, -0.25) is 4.79 Å². The van der Waals surface area contributed by atoms with Gasteiger partial charge in [-0.05, 0) is 31.4 Å². The number of benzene rings is 1. The highest BCUT2D eigenvalue weighted by atomic mass is 16.4. The Kier molecular flexibility index (Phi) is 2.21. The molecule has 0 saturated heterocycles. The minimum absolute atomic E-state index is 0.238. The lowest BCUT2D eigenvalue weighted by Gasteiger charge is -2.22. The average Bonchev–Trinajstić information content (AvgIpc) is 2.64. The Labute approximate surface area is 99.7 Å². The average molecular weight is 229 g/mol. The van der Waals surface area contributed by atoms with Crippen LogP contribution in [0.4, 0.5) is 0 Å². The van der Waals surface area contributed by atoms with Crippen LogP contribution in [0.2, 0.25) is 0 Å². The second-order valence-electron chi connectivity index (χ2n) is 4.77. The Hall–Kier alpha value is -1.77. The van der Waals surface area contributed by atoms with Gasteiger partial charge in [0.05, 0.1) is 5.92 Å². The highest BCUT2D eigenvalue weighted by Crippen LogP contribution is 2.31. The highest BCUT2D eigenvalue weighted by Gasteiger charge is 2.26. The number of hydrogen-bond acceptors (Lipinski definition) is 1. The van der Waals surface area contributed by atoms with E-state index in [-0.39, 0.29) is 5.92 Å². The molecular formula is C14H15NO2. The largest absolute Gasteiger partial charge is 0.481 e. The van der Waals surface area contributed by atoms with E-state index >= 15 is 0 Å². The van der Waals surface area contributed by atoms with E-state index in [0.29, 0.717) is 6.54 Å². The van der Waals surface area contributed by atoms with Crippen LogP contribution in [-0.2, 0) is 17.8 Å². The maximum absolute atomic E-state index is 11.1. The number of aryl methyl sites for hydroxylation is 1. The third kappa shape index (κ3) is 1.46. The van der Waals surface area contributed by atoms with Crippen LogP contribution in [0.25, 0.3) is 10.9 Å². The minimum Gasteiger partial charge on any atom is -0.481 e. The van der Waals surface area contributed by atoms with E-state index in [1.54, 1.807) is 0 Å². The summed E-state index contributed by atoms with van der Waals surface area (Å²) in [7, 11) is 0. The zero-order valence-electron chi connectivity index (χ0n) is 9.81. The number of carboxylic acids is 1. The van der Waals surface area contributed by atoms with E-state index in [4.69, 9.17) is 5.11 Å². The molecule has 1 aromatic carbocycles. The Morgan fingerprint density at radius 1 is 1.41 bits per heavy atom. The summed E-state index contributed by atoms with van der Waals surface area (Å²) in [5, 5.41) is 10.4. The van der Waals surface area contributed by atoms with Crippen molar-refractivity contribution in [1.82, 2.24) is 4.57 Å². The van der Waals surface area contributed by atoms with Crippen molar-refractivity contribution in [2.24, 2.45) is 5.92 Å². The molecule has 1 atom stereocenters. The van der Waals surface area contributed by atoms with Gasteiger partial charge in [0.2, 0.25) is 0 Å². The summed E-state index contributed by atoms with van der Waals surface area (Å²) in [5.74, 6) is -0.913. The summed E-state index contributed by atoms with van der Waals surface area (Å²) in [5.41, 5.74) is 3.79. The Balaban J connectivity index is 2.18. The molecule has 1 aliphatic heterocycles. The van der Waals surface area contributed by atoms with Crippen molar-refractivity contribution in [3.63, 3.8) is 0 Å². The van der Waals surface area contributed by atoms with Crippen LogP contribution in [0.15, 0.2) is 24.3 Å². The van der Waals surface area contributed by atoms with Gasteiger partial charge in [0.25, 0.3) is 0 Å². The van der Waals surface area contributed by atoms with Crippen molar-refractivity contribution < 1.29 is 9.90 Å². The number of carbonyl (C=O) groups is 1. The quantitative estimate of drug-likeness (QED) is 0.816. The number of para-hydroxylation sites is 1. The third-order valence-electron chi connectivity index (χ3n) is 3.84. The smallest absolute Gasteiger partial charge is 0.308 e. The molecule has 1 N–H and O–H groups in total. The predicted octanol–water partition coefficient (Wildman–Crippen LogP) is 2.60. The summed E-state index contributed by atoms with van der Waals surface area (Å²) < 4.78 is 2.19. The van der Waals surface area contributed by atoms with Gasteiger partial charge in [-0.25, -0.2) is 0 Å². The normalized spacial score (nSPS) is 19.2. The van der Waals surface area contributed by atoms with Gasteiger partial charge in [0.1, 0.15) is 0 Å². The summed E-state index contributed by atoms with van der Waals surface area (Å²) >= 11 is 0. The van der Waals surface area contributed by atoms with E-state index < -0.39 is 5.97 Å². The molecule has 0 saturated carbocycles. The first-order chi connectivity index (χ1) is 8.18. The number of hydrogen-bond donors (Lipinski definition) is 1. The number of nitrogens with zero attached hydrogens (tertiary/aromatic N) is 1. The van der Waals surface area contributed by atoms with Gasteiger partial charge in [-0.1, -0.05) is 18.2 Å². The number of aliphatic carboxylic acids is 1. The van der Waals surface area contributed by atoms with E-state index in [1.807, 2.05) is 12.1 Å². The molecule has 0 bridgehead atoms. The summed E-state index contributed by atoms with van der Waals surface area (Å²) in [6, 6.07) is 8.25. The monoisotopic (exact) mass is 229 g/mol. The zero-order chi connectivity index (χ0) is 12.0. The van der Waals surface area contributed by atoms with E-state index in [9.17, 15) is 4.79 Å². The maximum atomic E-state index is 11.1. The van der Waals surface area contributed by atoms with E-state index in [2.05, 4.69) is 23.6 Å². The SMILES string of the molecule is Cc1c2n(c3ccccc13)CC(C(=O)O)CC2. The van der Waals surface area contributed by atoms with Gasteiger partial charge in [-0.2, -0.15) is 0 Å². The first kappa shape index (κ1) is 10.4. The van der Waals surface area contributed by atoms with Gasteiger partial charge < -0.3 is 9.67 Å². The molecule has 1 aromatic heterocycles. The molecule has 88 valence electrons. The number of aromatic nitrogens is 1. The van der Waals surface area contributed by atoms with E-state index in [1.165, 1.54) is 22.2 Å². The van der Waals surface area contributed by atoms with Gasteiger partial charge in [0, 0.05) is 23.1 Å². The van der Waals surface area contributed by atoms with Gasteiger partial charge >= 0.3 is 5.97 Å². The van der Waals surface area contributed by atoms with Crippen molar-refractivity contribution in [3.8, 4) is 0 Å². The first-order valence-electron chi connectivity index (χ1n) is 5.98. The van der Waals surface area contributed by atoms with Gasteiger partial charge in [0.15, 0.2) is 0 Å². The minimum atomic E-state index is -0.675.